The van der Waals surface area contributed by atoms with Gasteiger partial charge in [-0.15, -0.1) is 12.4 Å². The Morgan fingerprint density at radius 2 is 2.00 bits per heavy atom. The summed E-state index contributed by atoms with van der Waals surface area (Å²) in [6.45, 7) is 2.62. The highest BCUT2D eigenvalue weighted by Gasteiger charge is 2.32. The summed E-state index contributed by atoms with van der Waals surface area (Å²) in [6, 6.07) is 5.74. The zero-order valence-electron chi connectivity index (χ0n) is 13.5. The van der Waals surface area contributed by atoms with Crippen LogP contribution in [-0.4, -0.2) is 25.3 Å². The summed E-state index contributed by atoms with van der Waals surface area (Å²) in [5, 5.41) is 0. The minimum atomic E-state index is -3.43. The van der Waals surface area contributed by atoms with Gasteiger partial charge in [0.05, 0.1) is 0 Å². The van der Waals surface area contributed by atoms with Gasteiger partial charge in [-0.1, -0.05) is 12.5 Å². The minimum absolute atomic E-state index is 0. The molecule has 5 nitrogen and oxygen atoms in total. The molecule has 3 rings (SSSR count). The molecule has 3 N–H and O–H groups in total. The zero-order chi connectivity index (χ0) is 15.7. The van der Waals surface area contributed by atoms with Crippen molar-refractivity contribution >= 4 is 28.3 Å². The van der Waals surface area contributed by atoms with Crippen LogP contribution < -0.4 is 10.5 Å². The number of nitrogens with zero attached hydrogens (tertiary/aromatic N) is 1. The first-order chi connectivity index (χ1) is 10.5. The Bertz CT molecular complexity index is 651. The Hall–Kier alpha value is -0.820. The van der Waals surface area contributed by atoms with Crippen LogP contribution in [0.25, 0.3) is 0 Å². The number of hydrogen-bond acceptors (Lipinski definition) is 3. The number of fused-ring (bicyclic) bond motifs is 1. The van der Waals surface area contributed by atoms with Crippen LogP contribution >= 0.6 is 12.4 Å². The SMILES string of the molecule is CC1CCCCN1S(=O)(=O)NC1CCCc2cc(N)ccc21.Cl. The van der Waals surface area contributed by atoms with E-state index in [-0.39, 0.29) is 24.5 Å². The number of nitrogen functional groups attached to an aromatic ring is 1. The van der Waals surface area contributed by atoms with E-state index < -0.39 is 10.2 Å². The Morgan fingerprint density at radius 1 is 1.22 bits per heavy atom. The second-order valence-corrected chi connectivity index (χ2v) is 8.14. The predicted molar refractivity (Wildman–Crippen MR) is 95.9 cm³/mol. The molecule has 130 valence electrons. The lowest BCUT2D eigenvalue weighted by molar-refractivity contribution is 0.263. The molecule has 2 aliphatic rings. The van der Waals surface area contributed by atoms with Crippen molar-refractivity contribution < 1.29 is 8.42 Å². The summed E-state index contributed by atoms with van der Waals surface area (Å²) >= 11 is 0. The van der Waals surface area contributed by atoms with Gasteiger partial charge in [-0.2, -0.15) is 17.4 Å². The lowest BCUT2D eigenvalue weighted by Gasteiger charge is -2.35. The lowest BCUT2D eigenvalue weighted by atomic mass is 9.88. The van der Waals surface area contributed by atoms with Crippen molar-refractivity contribution in [3.63, 3.8) is 0 Å². The van der Waals surface area contributed by atoms with Gasteiger partial charge >= 0.3 is 0 Å². The molecule has 1 saturated heterocycles. The standard InChI is InChI=1S/C16H25N3O2S.ClH/c1-12-5-2-3-10-19(12)22(20,21)18-16-7-4-6-13-11-14(17)8-9-15(13)16;/h8-9,11-12,16,18H,2-7,10,17H2,1H3;1H. The molecular formula is C16H26ClN3O2S. The van der Waals surface area contributed by atoms with Crippen LogP contribution in [0.2, 0.25) is 0 Å². The van der Waals surface area contributed by atoms with Gasteiger partial charge in [-0.25, -0.2) is 0 Å². The van der Waals surface area contributed by atoms with Gasteiger partial charge < -0.3 is 5.73 Å². The molecule has 23 heavy (non-hydrogen) atoms. The quantitative estimate of drug-likeness (QED) is 0.815. The molecule has 0 radical (unpaired) electrons. The topological polar surface area (TPSA) is 75.4 Å². The largest absolute Gasteiger partial charge is 0.399 e. The Labute approximate surface area is 145 Å². The maximum absolute atomic E-state index is 12.7. The fourth-order valence-electron chi connectivity index (χ4n) is 3.63. The molecule has 0 aromatic heterocycles. The molecule has 1 aliphatic heterocycles. The molecule has 7 heteroatoms. The Balaban J connectivity index is 0.00000192. The van der Waals surface area contributed by atoms with Crippen molar-refractivity contribution in [1.82, 2.24) is 9.03 Å². The summed E-state index contributed by atoms with van der Waals surface area (Å²) in [4.78, 5) is 0. The molecular weight excluding hydrogens is 334 g/mol. The van der Waals surface area contributed by atoms with E-state index in [9.17, 15) is 8.42 Å². The van der Waals surface area contributed by atoms with Gasteiger partial charge in [0.25, 0.3) is 10.2 Å². The van der Waals surface area contributed by atoms with E-state index in [2.05, 4.69) is 4.72 Å². The molecule has 0 spiro atoms. The van der Waals surface area contributed by atoms with Crippen LogP contribution in [0, 0.1) is 0 Å². The van der Waals surface area contributed by atoms with Crippen molar-refractivity contribution in [1.29, 1.82) is 0 Å². The number of aryl methyl sites for hydroxylation is 1. The highest BCUT2D eigenvalue weighted by Crippen LogP contribution is 2.32. The third-order valence-electron chi connectivity index (χ3n) is 4.82. The number of nitrogens with two attached hydrogens (primary N) is 1. The zero-order valence-corrected chi connectivity index (χ0v) is 15.1. The maximum atomic E-state index is 12.7. The minimum Gasteiger partial charge on any atom is -0.399 e. The molecule has 1 aromatic carbocycles. The van der Waals surface area contributed by atoms with Gasteiger partial charge in [0.15, 0.2) is 0 Å². The van der Waals surface area contributed by atoms with Gasteiger partial charge in [0.1, 0.15) is 0 Å². The van der Waals surface area contributed by atoms with E-state index in [0.29, 0.717) is 6.54 Å². The first-order valence-electron chi connectivity index (χ1n) is 8.15. The average molecular weight is 360 g/mol. The van der Waals surface area contributed by atoms with E-state index in [1.807, 2.05) is 25.1 Å². The van der Waals surface area contributed by atoms with E-state index in [4.69, 9.17) is 5.73 Å². The van der Waals surface area contributed by atoms with Crippen LogP contribution in [0.5, 0.6) is 0 Å². The summed E-state index contributed by atoms with van der Waals surface area (Å²) in [5.74, 6) is 0. The summed E-state index contributed by atoms with van der Waals surface area (Å²) in [7, 11) is -3.43. The number of nitrogens with one attached hydrogen (secondary N) is 1. The van der Waals surface area contributed by atoms with Crippen molar-refractivity contribution in [2.45, 2.75) is 57.5 Å². The normalized spacial score (nSPS) is 25.4. The van der Waals surface area contributed by atoms with Gasteiger partial charge in [0.2, 0.25) is 0 Å². The van der Waals surface area contributed by atoms with Crippen molar-refractivity contribution in [3.05, 3.63) is 29.3 Å². The fourth-order valence-corrected chi connectivity index (χ4v) is 5.32. The number of hydrogen-bond donors (Lipinski definition) is 2. The number of halogens is 1. The monoisotopic (exact) mass is 359 g/mol. The number of rotatable bonds is 3. The highest BCUT2D eigenvalue weighted by atomic mass is 35.5. The molecule has 2 unspecified atom stereocenters. The Morgan fingerprint density at radius 3 is 2.74 bits per heavy atom. The molecule has 2 atom stereocenters. The Kier molecular flexibility index (Phi) is 5.94. The lowest BCUT2D eigenvalue weighted by Crippen LogP contribution is -2.49. The molecule has 1 aliphatic carbocycles. The molecule has 1 heterocycles. The van der Waals surface area contributed by atoms with E-state index in [0.717, 1.165) is 49.8 Å². The smallest absolute Gasteiger partial charge is 0.280 e. The van der Waals surface area contributed by atoms with Crippen LogP contribution in [-0.2, 0) is 16.6 Å². The van der Waals surface area contributed by atoms with Gasteiger partial charge in [-0.3, -0.25) is 0 Å². The molecule has 0 bridgehead atoms. The third-order valence-corrected chi connectivity index (χ3v) is 6.57. The van der Waals surface area contributed by atoms with E-state index in [1.54, 1.807) is 4.31 Å². The molecule has 0 saturated carbocycles. The van der Waals surface area contributed by atoms with Crippen molar-refractivity contribution in [2.24, 2.45) is 0 Å². The van der Waals surface area contributed by atoms with Gasteiger partial charge in [-0.05, 0) is 62.3 Å². The number of benzene rings is 1. The van der Waals surface area contributed by atoms with E-state index >= 15 is 0 Å². The predicted octanol–water partition coefficient (Wildman–Crippen LogP) is 2.78. The second-order valence-electron chi connectivity index (χ2n) is 6.48. The van der Waals surface area contributed by atoms with Crippen molar-refractivity contribution in [2.75, 3.05) is 12.3 Å². The van der Waals surface area contributed by atoms with Crippen LogP contribution in [0.15, 0.2) is 18.2 Å². The summed E-state index contributed by atoms with van der Waals surface area (Å²) in [5.41, 5.74) is 8.83. The number of piperidine rings is 1. The first-order valence-corrected chi connectivity index (χ1v) is 9.59. The average Bonchev–Trinajstić information content (AvgIpc) is 2.47. The molecule has 0 amide bonds. The molecule has 1 aromatic rings. The second kappa shape index (κ2) is 7.38. The van der Waals surface area contributed by atoms with Crippen LogP contribution in [0.1, 0.15) is 56.2 Å². The fraction of sp³-hybridized carbons (Fsp3) is 0.625. The van der Waals surface area contributed by atoms with Crippen molar-refractivity contribution in [3.8, 4) is 0 Å². The van der Waals surface area contributed by atoms with Gasteiger partial charge in [0, 0.05) is 24.3 Å². The highest BCUT2D eigenvalue weighted by molar-refractivity contribution is 7.87. The van der Waals surface area contributed by atoms with E-state index in [1.165, 1.54) is 5.56 Å². The maximum Gasteiger partial charge on any atom is 0.280 e. The van der Waals surface area contributed by atoms with Crippen LogP contribution in [0.3, 0.4) is 0 Å². The number of anilines is 1. The first kappa shape index (κ1) is 18.5. The van der Waals surface area contributed by atoms with Crippen LogP contribution in [0.4, 0.5) is 5.69 Å². The third kappa shape index (κ3) is 3.99. The summed E-state index contributed by atoms with van der Waals surface area (Å²) in [6.07, 6.45) is 5.80. The summed E-state index contributed by atoms with van der Waals surface area (Å²) < 4.78 is 30.0. The molecule has 1 fully saturated rings.